The maximum absolute atomic E-state index is 12.5. The number of fused-ring (bicyclic) bond motifs is 1. The molecule has 1 aromatic heterocycles. The van der Waals surface area contributed by atoms with Crippen LogP contribution in [0.25, 0.3) is 10.9 Å². The Hall–Kier alpha value is -2.80. The van der Waals surface area contributed by atoms with Crippen LogP contribution < -0.4 is 4.74 Å². The van der Waals surface area contributed by atoms with Gasteiger partial charge in [-0.2, -0.15) is 0 Å². The molecule has 0 amide bonds. The highest BCUT2D eigenvalue weighted by molar-refractivity contribution is 6.51. The fourth-order valence-corrected chi connectivity index (χ4v) is 2.56. The van der Waals surface area contributed by atoms with Crippen molar-refractivity contribution in [2.75, 3.05) is 0 Å². The fraction of sp³-hybridized carbons (Fsp3) is 0.0588. The van der Waals surface area contributed by atoms with Crippen LogP contribution in [0.15, 0.2) is 48.7 Å². The summed E-state index contributed by atoms with van der Waals surface area (Å²) in [5, 5.41) is 0.445. The number of carbonyl (C=O) groups is 2. The minimum Gasteiger partial charge on any atom is -0.406 e. The van der Waals surface area contributed by atoms with Gasteiger partial charge in [0.05, 0.1) is 5.56 Å². The number of rotatable bonds is 4. The molecule has 0 aliphatic heterocycles. The third kappa shape index (κ3) is 3.66. The van der Waals surface area contributed by atoms with Gasteiger partial charge in [-0.3, -0.25) is 9.59 Å². The minimum atomic E-state index is -4.86. The zero-order valence-corrected chi connectivity index (χ0v) is 13.1. The molecule has 128 valence electrons. The van der Waals surface area contributed by atoms with Gasteiger partial charge in [-0.05, 0) is 30.3 Å². The van der Waals surface area contributed by atoms with Gasteiger partial charge < -0.3 is 9.72 Å². The van der Waals surface area contributed by atoms with Crippen LogP contribution >= 0.6 is 11.6 Å². The summed E-state index contributed by atoms with van der Waals surface area (Å²) >= 11 is 5.80. The lowest BCUT2D eigenvalue weighted by atomic mass is 10.0. The van der Waals surface area contributed by atoms with E-state index in [4.69, 9.17) is 11.6 Å². The number of carbonyl (C=O) groups excluding carboxylic acids is 2. The number of Topliss-reactive ketones (excluding diaryl/α,β-unsaturated/α-hetero) is 2. The molecule has 1 heterocycles. The highest BCUT2D eigenvalue weighted by Gasteiger charge is 2.31. The number of aromatic nitrogens is 1. The van der Waals surface area contributed by atoms with Crippen LogP contribution in [-0.4, -0.2) is 22.9 Å². The summed E-state index contributed by atoms with van der Waals surface area (Å²) in [6, 6.07) is 9.34. The molecule has 0 spiro atoms. The van der Waals surface area contributed by atoms with E-state index in [0.717, 1.165) is 12.1 Å². The van der Waals surface area contributed by atoms with Crippen LogP contribution in [0.2, 0.25) is 5.02 Å². The maximum atomic E-state index is 12.5. The number of aromatic amines is 1. The van der Waals surface area contributed by atoms with E-state index < -0.39 is 23.7 Å². The molecule has 0 saturated heterocycles. The summed E-state index contributed by atoms with van der Waals surface area (Å²) in [4.78, 5) is 27.5. The first-order valence-corrected chi connectivity index (χ1v) is 7.34. The monoisotopic (exact) mass is 367 g/mol. The smallest absolute Gasteiger partial charge is 0.406 e. The average molecular weight is 368 g/mol. The van der Waals surface area contributed by atoms with Gasteiger partial charge in [0.1, 0.15) is 5.75 Å². The second kappa shape index (κ2) is 6.25. The molecule has 0 atom stereocenters. The molecule has 0 fully saturated rings. The molecule has 4 nitrogen and oxygen atoms in total. The Kier molecular flexibility index (Phi) is 4.26. The van der Waals surface area contributed by atoms with E-state index in [-0.39, 0.29) is 16.5 Å². The summed E-state index contributed by atoms with van der Waals surface area (Å²) in [5.74, 6) is -2.16. The Balaban J connectivity index is 1.98. The quantitative estimate of drug-likeness (QED) is 0.533. The molecule has 0 saturated carbocycles. The lowest BCUT2D eigenvalue weighted by Crippen LogP contribution is -2.17. The summed E-state index contributed by atoms with van der Waals surface area (Å²) in [5.41, 5.74) is 0.443. The largest absolute Gasteiger partial charge is 0.573 e. The Morgan fingerprint density at radius 3 is 2.48 bits per heavy atom. The van der Waals surface area contributed by atoms with Crippen molar-refractivity contribution >= 4 is 34.1 Å². The molecule has 0 aliphatic rings. The van der Waals surface area contributed by atoms with Crippen molar-refractivity contribution in [3.8, 4) is 5.75 Å². The van der Waals surface area contributed by atoms with Crippen LogP contribution in [0, 0.1) is 0 Å². The van der Waals surface area contributed by atoms with Crippen LogP contribution in [0.5, 0.6) is 5.75 Å². The number of ketones is 2. The lowest BCUT2D eigenvalue weighted by Gasteiger charge is -2.08. The predicted octanol–water partition coefficient (Wildman–Crippen LogP) is 4.79. The topological polar surface area (TPSA) is 59.2 Å². The van der Waals surface area contributed by atoms with E-state index in [1.807, 2.05) is 0 Å². The zero-order valence-electron chi connectivity index (χ0n) is 12.4. The van der Waals surface area contributed by atoms with Crippen LogP contribution in [0.3, 0.4) is 0 Å². The SMILES string of the molecule is O=C(C(=O)c1c[nH]c2ccc(OC(F)(F)F)cc12)c1cccc(Cl)c1. The first kappa shape index (κ1) is 17.0. The molecule has 25 heavy (non-hydrogen) atoms. The molecule has 8 heteroatoms. The van der Waals surface area contributed by atoms with E-state index in [9.17, 15) is 22.8 Å². The molecule has 0 radical (unpaired) electrons. The molecule has 0 unspecified atom stereocenters. The number of halogens is 4. The van der Waals surface area contributed by atoms with E-state index in [0.29, 0.717) is 10.5 Å². The van der Waals surface area contributed by atoms with Crippen LogP contribution in [-0.2, 0) is 0 Å². The average Bonchev–Trinajstić information content (AvgIpc) is 2.95. The molecule has 3 rings (SSSR count). The normalized spacial score (nSPS) is 11.5. The number of H-pyrrole nitrogens is 1. The van der Waals surface area contributed by atoms with Crippen LogP contribution in [0.4, 0.5) is 13.2 Å². The molecule has 2 aromatic carbocycles. The Labute approximate surface area is 144 Å². The Bertz CT molecular complexity index is 979. The summed E-state index contributed by atoms with van der Waals surface area (Å²) in [6.45, 7) is 0. The van der Waals surface area contributed by atoms with Gasteiger partial charge in [0.2, 0.25) is 11.6 Å². The van der Waals surface area contributed by atoms with Crippen LogP contribution in [0.1, 0.15) is 20.7 Å². The molecule has 0 aliphatic carbocycles. The van der Waals surface area contributed by atoms with Gasteiger partial charge in [-0.25, -0.2) is 0 Å². The Morgan fingerprint density at radius 1 is 1.04 bits per heavy atom. The van der Waals surface area contributed by atoms with Gasteiger partial charge >= 0.3 is 6.36 Å². The predicted molar refractivity (Wildman–Crippen MR) is 85.1 cm³/mol. The number of hydrogen-bond acceptors (Lipinski definition) is 3. The molecule has 0 bridgehead atoms. The van der Waals surface area contributed by atoms with Gasteiger partial charge in [0.15, 0.2) is 0 Å². The zero-order chi connectivity index (χ0) is 18.2. The van der Waals surface area contributed by atoms with Crippen molar-refractivity contribution < 1.29 is 27.5 Å². The molecule has 1 N–H and O–H groups in total. The second-order valence-corrected chi connectivity index (χ2v) is 5.56. The standard InChI is InChI=1S/C17H9ClF3NO3/c18-10-3-1-2-9(6-10)15(23)16(24)13-8-22-14-5-4-11(7-12(13)14)25-17(19,20)21/h1-8,22H. The second-order valence-electron chi connectivity index (χ2n) is 5.13. The molecule has 3 aromatic rings. The van der Waals surface area contributed by atoms with Crippen molar-refractivity contribution in [2.24, 2.45) is 0 Å². The highest BCUT2D eigenvalue weighted by atomic mass is 35.5. The van der Waals surface area contributed by atoms with Gasteiger partial charge in [0, 0.05) is 27.7 Å². The fourth-order valence-electron chi connectivity index (χ4n) is 2.37. The van der Waals surface area contributed by atoms with Crippen molar-refractivity contribution in [3.05, 3.63) is 64.8 Å². The third-order valence-electron chi connectivity index (χ3n) is 3.42. The van der Waals surface area contributed by atoms with E-state index in [1.165, 1.54) is 30.5 Å². The first-order valence-electron chi connectivity index (χ1n) is 6.96. The highest BCUT2D eigenvalue weighted by Crippen LogP contribution is 2.28. The van der Waals surface area contributed by atoms with Crippen molar-refractivity contribution in [1.29, 1.82) is 0 Å². The molecular weight excluding hydrogens is 359 g/mol. The third-order valence-corrected chi connectivity index (χ3v) is 3.66. The van der Waals surface area contributed by atoms with Gasteiger partial charge in [-0.1, -0.05) is 23.7 Å². The summed E-state index contributed by atoms with van der Waals surface area (Å²) < 4.78 is 40.9. The maximum Gasteiger partial charge on any atom is 0.573 e. The van der Waals surface area contributed by atoms with Crippen molar-refractivity contribution in [2.45, 2.75) is 6.36 Å². The first-order chi connectivity index (χ1) is 11.7. The van der Waals surface area contributed by atoms with E-state index >= 15 is 0 Å². The summed E-state index contributed by atoms with van der Waals surface area (Å²) in [6.07, 6.45) is -3.59. The molecular formula is C17H9ClF3NO3. The van der Waals surface area contributed by atoms with E-state index in [2.05, 4.69) is 9.72 Å². The number of nitrogens with one attached hydrogen (secondary N) is 1. The van der Waals surface area contributed by atoms with Crippen molar-refractivity contribution in [1.82, 2.24) is 4.98 Å². The lowest BCUT2D eigenvalue weighted by molar-refractivity contribution is -0.274. The van der Waals surface area contributed by atoms with Crippen molar-refractivity contribution in [3.63, 3.8) is 0 Å². The van der Waals surface area contributed by atoms with Gasteiger partial charge in [0.25, 0.3) is 0 Å². The van der Waals surface area contributed by atoms with E-state index in [1.54, 1.807) is 6.07 Å². The summed E-state index contributed by atoms with van der Waals surface area (Å²) in [7, 11) is 0. The van der Waals surface area contributed by atoms with Gasteiger partial charge in [-0.15, -0.1) is 13.2 Å². The number of benzene rings is 2. The Morgan fingerprint density at radius 2 is 1.80 bits per heavy atom. The number of alkyl halides is 3. The number of ether oxygens (including phenoxy) is 1. The minimum absolute atomic E-state index is 0.0485. The number of hydrogen-bond donors (Lipinski definition) is 1.